The third kappa shape index (κ3) is 2.31. The third-order valence-electron chi connectivity index (χ3n) is 2.95. The number of H-pyrrole nitrogens is 2. The summed E-state index contributed by atoms with van der Waals surface area (Å²) in [5.74, 6) is -0.253. The van der Waals surface area contributed by atoms with Crippen molar-refractivity contribution in [1.82, 2.24) is 20.3 Å². The van der Waals surface area contributed by atoms with Crippen LogP contribution in [0, 0.1) is 0 Å². The molecule has 0 spiro atoms. The number of imidazole rings is 1. The van der Waals surface area contributed by atoms with Gasteiger partial charge in [-0.25, -0.2) is 4.79 Å². The number of carbonyl (C=O) groups excluding carboxylic acids is 1. The molecule has 0 fully saturated rings. The maximum absolute atomic E-state index is 12.2. The van der Waals surface area contributed by atoms with Crippen LogP contribution in [-0.4, -0.2) is 20.9 Å². The second-order valence-electron chi connectivity index (χ2n) is 4.31. The zero-order valence-corrected chi connectivity index (χ0v) is 10.5. The molecular formula is C14H12N4O2. The highest BCUT2D eigenvalue weighted by atomic mass is 16.2. The number of rotatable bonds is 3. The Morgan fingerprint density at radius 1 is 1.15 bits per heavy atom. The van der Waals surface area contributed by atoms with Gasteiger partial charge in [-0.05, 0) is 24.3 Å². The zero-order valence-electron chi connectivity index (χ0n) is 10.5. The minimum atomic E-state index is -0.329. The smallest absolute Gasteiger partial charge is 0.323 e. The fourth-order valence-electron chi connectivity index (χ4n) is 2.02. The normalized spacial score (nSPS) is 10.6. The summed E-state index contributed by atoms with van der Waals surface area (Å²) < 4.78 is 0. The number of carbonyl (C=O) groups is 1. The highest BCUT2D eigenvalue weighted by molar-refractivity contribution is 6.04. The Labute approximate surface area is 113 Å². The Balaban J connectivity index is 1.84. The average molecular weight is 268 g/mol. The van der Waals surface area contributed by atoms with Crippen LogP contribution in [0.1, 0.15) is 16.1 Å². The van der Waals surface area contributed by atoms with Gasteiger partial charge in [0.05, 0.1) is 28.8 Å². The summed E-state index contributed by atoms with van der Waals surface area (Å²) in [5.41, 5.74) is 1.99. The average Bonchev–Trinajstić information content (AvgIpc) is 2.85. The van der Waals surface area contributed by atoms with E-state index in [-0.39, 0.29) is 11.6 Å². The Hall–Kier alpha value is -2.89. The molecule has 0 atom stereocenters. The quantitative estimate of drug-likeness (QED) is 0.666. The molecule has 100 valence electrons. The largest absolute Gasteiger partial charge is 0.346 e. The fourth-order valence-corrected chi connectivity index (χ4v) is 2.02. The van der Waals surface area contributed by atoms with E-state index in [0.29, 0.717) is 23.1 Å². The summed E-state index contributed by atoms with van der Waals surface area (Å²) in [5, 5.41) is 2.78. The van der Waals surface area contributed by atoms with Crippen molar-refractivity contribution in [2.75, 3.05) is 0 Å². The van der Waals surface area contributed by atoms with E-state index in [0.717, 1.165) is 5.69 Å². The number of nitrogens with zero attached hydrogens (tertiary/aromatic N) is 1. The number of fused-ring (bicyclic) bond motifs is 1. The maximum Gasteiger partial charge on any atom is 0.323 e. The van der Waals surface area contributed by atoms with Crippen molar-refractivity contribution in [2.45, 2.75) is 6.54 Å². The lowest BCUT2D eigenvalue weighted by Crippen LogP contribution is -2.23. The number of nitrogens with one attached hydrogen (secondary N) is 3. The lowest BCUT2D eigenvalue weighted by atomic mass is 10.1. The van der Waals surface area contributed by atoms with Gasteiger partial charge in [0.25, 0.3) is 5.91 Å². The third-order valence-corrected chi connectivity index (χ3v) is 2.95. The molecule has 0 saturated heterocycles. The lowest BCUT2D eigenvalue weighted by Gasteiger charge is -2.05. The number of aromatic amines is 2. The van der Waals surface area contributed by atoms with Gasteiger partial charge in [0, 0.05) is 6.20 Å². The molecule has 3 rings (SSSR count). The molecule has 3 N–H and O–H groups in total. The summed E-state index contributed by atoms with van der Waals surface area (Å²) in [6, 6.07) is 10.6. The van der Waals surface area contributed by atoms with E-state index in [9.17, 15) is 9.59 Å². The molecule has 1 aromatic carbocycles. The second-order valence-corrected chi connectivity index (χ2v) is 4.31. The molecule has 0 unspecified atom stereocenters. The predicted octanol–water partition coefficient (Wildman–Crippen LogP) is 1.18. The molecule has 0 bridgehead atoms. The van der Waals surface area contributed by atoms with Crippen LogP contribution in [0.4, 0.5) is 0 Å². The molecule has 0 radical (unpaired) electrons. The van der Waals surface area contributed by atoms with Gasteiger partial charge >= 0.3 is 5.69 Å². The number of para-hydroxylation sites is 1. The van der Waals surface area contributed by atoms with Gasteiger partial charge in [-0.2, -0.15) is 0 Å². The Morgan fingerprint density at radius 3 is 2.85 bits per heavy atom. The van der Waals surface area contributed by atoms with Gasteiger partial charge in [-0.3, -0.25) is 9.78 Å². The van der Waals surface area contributed by atoms with Crippen molar-refractivity contribution in [3.05, 3.63) is 64.3 Å². The van der Waals surface area contributed by atoms with E-state index >= 15 is 0 Å². The van der Waals surface area contributed by atoms with Crippen molar-refractivity contribution < 1.29 is 4.79 Å². The van der Waals surface area contributed by atoms with E-state index in [2.05, 4.69) is 20.3 Å². The molecule has 6 nitrogen and oxygen atoms in total. The zero-order chi connectivity index (χ0) is 13.9. The molecule has 6 heteroatoms. The molecule has 0 aliphatic carbocycles. The van der Waals surface area contributed by atoms with Crippen LogP contribution in [0.3, 0.4) is 0 Å². The van der Waals surface area contributed by atoms with Crippen LogP contribution >= 0.6 is 0 Å². The fraction of sp³-hybridized carbons (Fsp3) is 0.0714. The first-order valence-electron chi connectivity index (χ1n) is 6.13. The van der Waals surface area contributed by atoms with Gasteiger partial charge < -0.3 is 15.3 Å². The number of aromatic nitrogens is 3. The van der Waals surface area contributed by atoms with E-state index in [1.807, 2.05) is 18.2 Å². The van der Waals surface area contributed by atoms with Crippen molar-refractivity contribution in [1.29, 1.82) is 0 Å². The van der Waals surface area contributed by atoms with Crippen LogP contribution in [0.5, 0.6) is 0 Å². The number of pyridine rings is 1. The van der Waals surface area contributed by atoms with Crippen LogP contribution in [-0.2, 0) is 6.54 Å². The minimum absolute atomic E-state index is 0.253. The first-order valence-corrected chi connectivity index (χ1v) is 6.13. The summed E-state index contributed by atoms with van der Waals surface area (Å²) in [6.45, 7) is 0.338. The minimum Gasteiger partial charge on any atom is -0.346 e. The van der Waals surface area contributed by atoms with Gasteiger partial charge in [0.15, 0.2) is 0 Å². The summed E-state index contributed by atoms with van der Waals surface area (Å²) >= 11 is 0. The number of hydrogen-bond donors (Lipinski definition) is 3. The molecule has 2 aromatic heterocycles. The molecule has 0 saturated carbocycles. The SMILES string of the molecule is O=C(NCc1ccccn1)c1cccc2[nH]c(=O)[nH]c12. The Morgan fingerprint density at radius 2 is 2.05 bits per heavy atom. The van der Waals surface area contributed by atoms with Crippen LogP contribution in [0.2, 0.25) is 0 Å². The monoisotopic (exact) mass is 268 g/mol. The van der Waals surface area contributed by atoms with Crippen molar-refractivity contribution in [2.24, 2.45) is 0 Å². The van der Waals surface area contributed by atoms with Crippen LogP contribution in [0.25, 0.3) is 11.0 Å². The maximum atomic E-state index is 12.2. The highest BCUT2D eigenvalue weighted by Gasteiger charge is 2.11. The van der Waals surface area contributed by atoms with E-state index in [1.165, 1.54) is 0 Å². The van der Waals surface area contributed by atoms with Gasteiger partial charge in [0.1, 0.15) is 0 Å². The van der Waals surface area contributed by atoms with Crippen LogP contribution < -0.4 is 11.0 Å². The lowest BCUT2D eigenvalue weighted by molar-refractivity contribution is 0.0952. The van der Waals surface area contributed by atoms with E-state index < -0.39 is 0 Å². The first-order chi connectivity index (χ1) is 9.74. The summed E-state index contributed by atoms with van der Waals surface area (Å²) in [7, 11) is 0. The molecule has 1 amide bonds. The van der Waals surface area contributed by atoms with Gasteiger partial charge in [-0.15, -0.1) is 0 Å². The van der Waals surface area contributed by atoms with Crippen molar-refractivity contribution in [3.63, 3.8) is 0 Å². The van der Waals surface area contributed by atoms with Crippen LogP contribution in [0.15, 0.2) is 47.4 Å². The van der Waals surface area contributed by atoms with E-state index in [4.69, 9.17) is 0 Å². The van der Waals surface area contributed by atoms with Crippen molar-refractivity contribution >= 4 is 16.9 Å². The topological polar surface area (TPSA) is 90.6 Å². The van der Waals surface area contributed by atoms with Crippen molar-refractivity contribution in [3.8, 4) is 0 Å². The van der Waals surface area contributed by atoms with E-state index in [1.54, 1.807) is 24.4 Å². The predicted molar refractivity (Wildman–Crippen MR) is 74.3 cm³/mol. The Kier molecular flexibility index (Phi) is 3.04. The van der Waals surface area contributed by atoms with Gasteiger partial charge in [-0.1, -0.05) is 12.1 Å². The molecule has 2 heterocycles. The standard InChI is InChI=1S/C14H12N4O2/c19-13(16-8-9-4-1-2-7-15-9)10-5-3-6-11-12(10)18-14(20)17-11/h1-7H,8H2,(H,16,19)(H2,17,18,20). The number of amides is 1. The summed E-state index contributed by atoms with van der Waals surface area (Å²) in [6.07, 6.45) is 1.67. The first kappa shape index (κ1) is 12.2. The molecule has 0 aliphatic heterocycles. The number of hydrogen-bond acceptors (Lipinski definition) is 3. The molecular weight excluding hydrogens is 256 g/mol. The molecule has 20 heavy (non-hydrogen) atoms. The molecule has 0 aliphatic rings. The number of benzene rings is 1. The molecule has 3 aromatic rings. The second kappa shape index (κ2) is 5.00. The highest BCUT2D eigenvalue weighted by Crippen LogP contribution is 2.12. The Bertz CT molecular complexity index is 805. The van der Waals surface area contributed by atoms with Gasteiger partial charge in [0.2, 0.25) is 0 Å². The summed E-state index contributed by atoms with van der Waals surface area (Å²) in [4.78, 5) is 32.8.